The molecule has 0 aromatic carbocycles. The number of aromatic nitrogens is 2. The van der Waals surface area contributed by atoms with Gasteiger partial charge in [0, 0.05) is 32.1 Å². The molecule has 0 bridgehead atoms. The van der Waals surface area contributed by atoms with Gasteiger partial charge in [-0.3, -0.25) is 0 Å². The SMILES string of the molecule is OC1(CNCC2CN(c3cc4c(nn3)CCCC4)C2)CCC1. The predicted molar refractivity (Wildman–Crippen MR) is 86.0 cm³/mol. The van der Waals surface area contributed by atoms with Gasteiger partial charge in [-0.15, -0.1) is 5.10 Å². The van der Waals surface area contributed by atoms with Crippen LogP contribution in [0.4, 0.5) is 5.82 Å². The topological polar surface area (TPSA) is 61.3 Å². The number of anilines is 1. The molecule has 0 radical (unpaired) electrons. The highest BCUT2D eigenvalue weighted by molar-refractivity contribution is 5.44. The Morgan fingerprint density at radius 3 is 2.77 bits per heavy atom. The van der Waals surface area contributed by atoms with Crippen LogP contribution in [0.2, 0.25) is 0 Å². The van der Waals surface area contributed by atoms with Crippen molar-refractivity contribution in [3.8, 4) is 0 Å². The maximum atomic E-state index is 10.1. The van der Waals surface area contributed by atoms with Crippen LogP contribution in [0, 0.1) is 5.92 Å². The van der Waals surface area contributed by atoms with Crippen molar-refractivity contribution in [2.45, 2.75) is 50.5 Å². The second kappa shape index (κ2) is 5.78. The lowest BCUT2D eigenvalue weighted by atomic mass is 9.80. The fraction of sp³-hybridized carbons (Fsp3) is 0.765. The number of aryl methyl sites for hydroxylation is 2. The second-order valence-electron chi connectivity index (χ2n) is 7.36. The molecule has 5 nitrogen and oxygen atoms in total. The molecule has 1 aromatic rings. The highest BCUT2D eigenvalue weighted by Crippen LogP contribution is 2.31. The largest absolute Gasteiger partial charge is 0.389 e. The van der Waals surface area contributed by atoms with E-state index in [0.717, 1.165) is 57.7 Å². The number of nitrogens with zero attached hydrogens (tertiary/aromatic N) is 3. The van der Waals surface area contributed by atoms with Gasteiger partial charge < -0.3 is 15.3 Å². The molecule has 2 heterocycles. The monoisotopic (exact) mass is 302 g/mol. The van der Waals surface area contributed by atoms with E-state index in [2.05, 4.69) is 26.5 Å². The molecule has 120 valence electrons. The highest BCUT2D eigenvalue weighted by Gasteiger charge is 2.35. The van der Waals surface area contributed by atoms with E-state index in [4.69, 9.17) is 0 Å². The first-order valence-electron chi connectivity index (χ1n) is 8.75. The normalized spacial score (nSPS) is 23.6. The summed E-state index contributed by atoms with van der Waals surface area (Å²) in [6.45, 7) is 3.86. The molecule has 2 fully saturated rings. The first kappa shape index (κ1) is 14.4. The smallest absolute Gasteiger partial charge is 0.151 e. The highest BCUT2D eigenvalue weighted by atomic mass is 16.3. The first-order valence-corrected chi connectivity index (χ1v) is 8.75. The molecular weight excluding hydrogens is 276 g/mol. The first-order chi connectivity index (χ1) is 10.7. The van der Waals surface area contributed by atoms with E-state index in [-0.39, 0.29) is 0 Å². The summed E-state index contributed by atoms with van der Waals surface area (Å²) < 4.78 is 0. The van der Waals surface area contributed by atoms with Crippen LogP contribution in [0.1, 0.15) is 43.4 Å². The van der Waals surface area contributed by atoms with Crippen molar-refractivity contribution < 1.29 is 5.11 Å². The number of hydrogen-bond donors (Lipinski definition) is 2. The Morgan fingerprint density at radius 1 is 1.18 bits per heavy atom. The average molecular weight is 302 g/mol. The second-order valence-corrected chi connectivity index (χ2v) is 7.36. The summed E-state index contributed by atoms with van der Waals surface area (Å²) in [5.74, 6) is 1.72. The van der Waals surface area contributed by atoms with E-state index in [1.165, 1.54) is 30.5 Å². The summed E-state index contributed by atoms with van der Waals surface area (Å²) in [7, 11) is 0. The molecular formula is C17H26N4O. The molecule has 4 rings (SSSR count). The van der Waals surface area contributed by atoms with Crippen LogP contribution >= 0.6 is 0 Å². The van der Waals surface area contributed by atoms with E-state index in [1.807, 2.05) is 0 Å². The molecule has 1 saturated heterocycles. The zero-order chi connectivity index (χ0) is 15.0. The van der Waals surface area contributed by atoms with Crippen molar-refractivity contribution in [1.29, 1.82) is 0 Å². The maximum absolute atomic E-state index is 10.1. The summed E-state index contributed by atoms with van der Waals surface area (Å²) >= 11 is 0. The van der Waals surface area contributed by atoms with Crippen molar-refractivity contribution in [3.63, 3.8) is 0 Å². The molecule has 5 heteroatoms. The van der Waals surface area contributed by atoms with Crippen LogP contribution < -0.4 is 10.2 Å². The van der Waals surface area contributed by atoms with Gasteiger partial charge in [0.1, 0.15) is 0 Å². The Bertz CT molecular complexity index is 537. The molecule has 0 unspecified atom stereocenters. The summed E-state index contributed by atoms with van der Waals surface area (Å²) in [6.07, 6.45) is 7.89. The molecule has 1 saturated carbocycles. The van der Waals surface area contributed by atoms with E-state index < -0.39 is 5.60 Å². The molecule has 2 N–H and O–H groups in total. The standard InChI is InChI=1S/C17H26N4O/c22-17(6-3-7-17)12-18-9-13-10-21(11-13)16-8-14-4-1-2-5-15(14)19-20-16/h8,13,18,22H,1-7,9-12H2. The third-order valence-electron chi connectivity index (χ3n) is 5.51. The zero-order valence-electron chi connectivity index (χ0n) is 13.2. The number of hydrogen-bond acceptors (Lipinski definition) is 5. The lowest BCUT2D eigenvalue weighted by molar-refractivity contribution is -0.0318. The molecule has 0 amide bonds. The van der Waals surface area contributed by atoms with Crippen molar-refractivity contribution in [2.24, 2.45) is 5.92 Å². The minimum atomic E-state index is -0.409. The van der Waals surface area contributed by atoms with Crippen molar-refractivity contribution in [3.05, 3.63) is 17.3 Å². The van der Waals surface area contributed by atoms with Crippen LogP contribution in [-0.2, 0) is 12.8 Å². The van der Waals surface area contributed by atoms with Gasteiger partial charge in [0.25, 0.3) is 0 Å². The van der Waals surface area contributed by atoms with Gasteiger partial charge in [-0.05, 0) is 56.6 Å². The van der Waals surface area contributed by atoms with Gasteiger partial charge >= 0.3 is 0 Å². The Morgan fingerprint density at radius 2 is 2.00 bits per heavy atom. The third kappa shape index (κ3) is 2.84. The molecule has 22 heavy (non-hydrogen) atoms. The minimum absolute atomic E-state index is 0.409. The van der Waals surface area contributed by atoms with Crippen LogP contribution in [0.25, 0.3) is 0 Å². The molecule has 2 aliphatic carbocycles. The lowest BCUT2D eigenvalue weighted by Gasteiger charge is -2.42. The average Bonchev–Trinajstić information content (AvgIpc) is 2.47. The summed E-state index contributed by atoms with van der Waals surface area (Å²) in [5, 5.41) is 22.3. The van der Waals surface area contributed by atoms with Gasteiger partial charge in [0.05, 0.1) is 11.3 Å². The fourth-order valence-electron chi connectivity index (χ4n) is 3.79. The Hall–Kier alpha value is -1.20. The van der Waals surface area contributed by atoms with Gasteiger partial charge in [0.15, 0.2) is 5.82 Å². The van der Waals surface area contributed by atoms with Crippen LogP contribution in [0.15, 0.2) is 6.07 Å². The lowest BCUT2D eigenvalue weighted by Crippen LogP contribution is -2.54. The molecule has 0 atom stereocenters. The summed E-state index contributed by atoms with van der Waals surface area (Å²) in [5.41, 5.74) is 2.21. The summed E-state index contributed by atoms with van der Waals surface area (Å²) in [4.78, 5) is 2.33. The molecule has 3 aliphatic rings. The van der Waals surface area contributed by atoms with Gasteiger partial charge in [-0.1, -0.05) is 0 Å². The Balaban J connectivity index is 1.24. The quantitative estimate of drug-likeness (QED) is 0.858. The third-order valence-corrected chi connectivity index (χ3v) is 5.51. The van der Waals surface area contributed by atoms with E-state index >= 15 is 0 Å². The molecule has 1 aliphatic heterocycles. The summed E-state index contributed by atoms with van der Waals surface area (Å²) in [6, 6.07) is 2.25. The van der Waals surface area contributed by atoms with Gasteiger partial charge in [-0.25, -0.2) is 0 Å². The van der Waals surface area contributed by atoms with E-state index in [9.17, 15) is 5.11 Å². The van der Waals surface area contributed by atoms with Crippen LogP contribution in [0.5, 0.6) is 0 Å². The number of aliphatic hydroxyl groups is 1. The Kier molecular flexibility index (Phi) is 3.78. The molecule has 0 spiro atoms. The molecule has 1 aromatic heterocycles. The van der Waals surface area contributed by atoms with Crippen molar-refractivity contribution >= 4 is 5.82 Å². The van der Waals surface area contributed by atoms with Gasteiger partial charge in [-0.2, -0.15) is 5.10 Å². The van der Waals surface area contributed by atoms with Crippen molar-refractivity contribution in [2.75, 3.05) is 31.1 Å². The Labute approximate surface area is 132 Å². The van der Waals surface area contributed by atoms with Crippen molar-refractivity contribution in [1.82, 2.24) is 15.5 Å². The van der Waals surface area contributed by atoms with E-state index in [0.29, 0.717) is 5.92 Å². The minimum Gasteiger partial charge on any atom is -0.389 e. The fourth-order valence-corrected chi connectivity index (χ4v) is 3.79. The van der Waals surface area contributed by atoms with Crippen LogP contribution in [-0.4, -0.2) is 47.1 Å². The van der Waals surface area contributed by atoms with Gasteiger partial charge in [0.2, 0.25) is 0 Å². The van der Waals surface area contributed by atoms with E-state index in [1.54, 1.807) is 0 Å². The number of fused-ring (bicyclic) bond motifs is 1. The number of rotatable bonds is 5. The van der Waals surface area contributed by atoms with Crippen LogP contribution in [0.3, 0.4) is 0 Å². The predicted octanol–water partition coefficient (Wildman–Crippen LogP) is 1.30. The zero-order valence-corrected chi connectivity index (χ0v) is 13.2. The number of nitrogens with one attached hydrogen (secondary N) is 1. The maximum Gasteiger partial charge on any atom is 0.151 e.